The highest BCUT2D eigenvalue weighted by Crippen LogP contribution is 2.16. The monoisotopic (exact) mass is 677 g/mol. The largest absolute Gasteiger partial charge is 0.394 e. The number of unbranched alkanes of at least 4 members (excludes halogenated alkanes) is 6. The van der Waals surface area contributed by atoms with Crippen molar-refractivity contribution in [3.8, 4) is 0 Å². The van der Waals surface area contributed by atoms with Gasteiger partial charge >= 0.3 is 0 Å². The van der Waals surface area contributed by atoms with Gasteiger partial charge in [0.1, 0.15) is 0 Å². The fraction of sp³-hybridized carbons (Fsp3) is 0.762. The van der Waals surface area contributed by atoms with E-state index in [2.05, 4.69) is 49.6 Å². The molecule has 0 radical (unpaired) electrons. The van der Waals surface area contributed by atoms with E-state index in [0.717, 1.165) is 57.8 Å². The molecule has 0 fully saturated rings. The van der Waals surface area contributed by atoms with E-state index in [-0.39, 0.29) is 19.3 Å². The molecule has 48 heavy (non-hydrogen) atoms. The molecule has 0 saturated heterocycles. The highest BCUT2D eigenvalue weighted by molar-refractivity contribution is 4.85. The molecule has 6 heteroatoms. The maximum atomic E-state index is 8.67. The van der Waals surface area contributed by atoms with Crippen LogP contribution >= 0.6 is 0 Å². The Balaban J connectivity index is 0.000000798. The molecule has 2 aliphatic carbocycles. The summed E-state index contributed by atoms with van der Waals surface area (Å²) in [5.74, 6) is 0. The number of ether oxygens (including phenoxy) is 4. The molecule has 0 saturated carbocycles. The Morgan fingerprint density at radius 1 is 0.562 bits per heavy atom. The molecule has 0 aromatic heterocycles. The Bertz CT molecular complexity index is 724. The fourth-order valence-corrected chi connectivity index (χ4v) is 5.50. The van der Waals surface area contributed by atoms with Crippen molar-refractivity contribution in [2.75, 3.05) is 52.9 Å². The van der Waals surface area contributed by atoms with Gasteiger partial charge in [-0.25, -0.2) is 0 Å². The first-order chi connectivity index (χ1) is 23.8. The number of allylic oxidation sites excluding steroid dienone is 8. The van der Waals surface area contributed by atoms with Gasteiger partial charge in [-0.05, 0) is 116 Å². The maximum absolute atomic E-state index is 8.67. The van der Waals surface area contributed by atoms with Crippen LogP contribution in [0.2, 0.25) is 0 Å². The Morgan fingerprint density at radius 2 is 1.15 bits per heavy atom. The van der Waals surface area contributed by atoms with Crippen molar-refractivity contribution < 1.29 is 29.2 Å². The molecule has 2 aliphatic rings. The van der Waals surface area contributed by atoms with E-state index in [1.807, 2.05) is 12.2 Å². The number of aliphatic hydroxyl groups excluding tert-OH is 2. The summed E-state index contributed by atoms with van der Waals surface area (Å²) in [7, 11) is 0. The highest BCUT2D eigenvalue weighted by Gasteiger charge is 2.09. The first-order valence-corrected chi connectivity index (χ1v) is 19.6. The average molecular weight is 677 g/mol. The van der Waals surface area contributed by atoms with Crippen molar-refractivity contribution in [2.45, 2.75) is 153 Å². The van der Waals surface area contributed by atoms with E-state index >= 15 is 0 Å². The first kappa shape index (κ1) is 46.5. The van der Waals surface area contributed by atoms with Crippen LogP contribution in [0, 0.1) is 0 Å². The number of hydrogen-bond donors (Lipinski definition) is 2. The van der Waals surface area contributed by atoms with Crippen LogP contribution in [0.5, 0.6) is 0 Å². The van der Waals surface area contributed by atoms with Crippen LogP contribution in [0.1, 0.15) is 141 Å². The van der Waals surface area contributed by atoms with Gasteiger partial charge in [-0.2, -0.15) is 0 Å². The lowest BCUT2D eigenvalue weighted by atomic mass is 10.0. The van der Waals surface area contributed by atoms with Crippen LogP contribution in [0.3, 0.4) is 0 Å². The Hall–Kier alpha value is -1.54. The van der Waals surface area contributed by atoms with Gasteiger partial charge in [0, 0.05) is 0 Å². The predicted octanol–water partition coefficient (Wildman–Crippen LogP) is 10.4. The predicted molar refractivity (Wildman–Crippen MR) is 205 cm³/mol. The second-order valence-electron chi connectivity index (χ2n) is 12.6. The van der Waals surface area contributed by atoms with E-state index in [9.17, 15) is 0 Å². The minimum absolute atomic E-state index is 0.0705. The summed E-state index contributed by atoms with van der Waals surface area (Å²) in [6, 6.07) is 0. The lowest BCUT2D eigenvalue weighted by molar-refractivity contribution is -0.00886. The van der Waals surface area contributed by atoms with Gasteiger partial charge in [-0.3, -0.25) is 0 Å². The molecular formula is C42H76O6. The Kier molecular flexibility index (Phi) is 40.3. The Labute approximate surface area is 296 Å². The molecule has 2 rings (SSSR count). The standard InChI is InChI=1S/C22H40O3.C12H22O3.C8H14/c1-3-5-7-8-9-10-11-12-13-14-15-17-22(16-6-4-2)25-21-20-24-19-18-23;13-8-9-14-10-11-15-12-6-4-2-1-3-5-7-12;1-2-4-6-8-7-5-3-1/h3-4,12-13,22-23H,1-2,5-11,14-21H2;1-2,12-13H,3-11H2;1-2H,3-8H2/b13-12+;2-1-;. The van der Waals surface area contributed by atoms with Crippen LogP contribution in [0.15, 0.2) is 61.8 Å². The molecule has 0 amide bonds. The summed E-state index contributed by atoms with van der Waals surface area (Å²) >= 11 is 0. The van der Waals surface area contributed by atoms with E-state index in [4.69, 9.17) is 29.2 Å². The molecule has 2 atom stereocenters. The molecule has 6 nitrogen and oxygen atoms in total. The van der Waals surface area contributed by atoms with Crippen LogP contribution in [-0.2, 0) is 18.9 Å². The van der Waals surface area contributed by atoms with Crippen LogP contribution in [0.25, 0.3) is 0 Å². The van der Waals surface area contributed by atoms with Gasteiger partial charge in [0.15, 0.2) is 0 Å². The van der Waals surface area contributed by atoms with Crippen molar-refractivity contribution in [3.63, 3.8) is 0 Å². The van der Waals surface area contributed by atoms with Crippen LogP contribution in [0.4, 0.5) is 0 Å². The second kappa shape index (κ2) is 41.6. The van der Waals surface area contributed by atoms with Crippen molar-refractivity contribution in [1.82, 2.24) is 0 Å². The molecule has 280 valence electrons. The van der Waals surface area contributed by atoms with E-state index in [0.29, 0.717) is 45.7 Å². The molecule has 0 aromatic rings. The summed E-state index contributed by atoms with van der Waals surface area (Å²) in [4.78, 5) is 0. The van der Waals surface area contributed by atoms with Crippen molar-refractivity contribution in [2.24, 2.45) is 0 Å². The van der Waals surface area contributed by atoms with E-state index in [1.54, 1.807) is 0 Å². The summed E-state index contributed by atoms with van der Waals surface area (Å²) in [6.07, 6.45) is 45.6. The number of aliphatic hydroxyl groups is 2. The van der Waals surface area contributed by atoms with Crippen molar-refractivity contribution in [1.29, 1.82) is 0 Å². The minimum Gasteiger partial charge on any atom is -0.394 e. The van der Waals surface area contributed by atoms with Gasteiger partial charge in [-0.1, -0.05) is 74.3 Å². The average Bonchev–Trinajstić information content (AvgIpc) is 3.06. The van der Waals surface area contributed by atoms with Crippen LogP contribution in [-0.4, -0.2) is 75.3 Å². The normalized spacial score (nSPS) is 17.8. The first-order valence-electron chi connectivity index (χ1n) is 19.6. The van der Waals surface area contributed by atoms with Gasteiger partial charge in [0.25, 0.3) is 0 Å². The minimum atomic E-state index is 0.0705. The zero-order valence-corrected chi connectivity index (χ0v) is 30.9. The van der Waals surface area contributed by atoms with E-state index in [1.165, 1.54) is 83.5 Å². The number of rotatable bonds is 26. The van der Waals surface area contributed by atoms with Gasteiger partial charge in [-0.15, -0.1) is 13.2 Å². The molecule has 0 bridgehead atoms. The highest BCUT2D eigenvalue weighted by atomic mass is 16.5. The summed E-state index contributed by atoms with van der Waals surface area (Å²) < 4.78 is 22.0. The zero-order chi connectivity index (χ0) is 34.9. The van der Waals surface area contributed by atoms with Gasteiger partial charge in [0.05, 0.1) is 65.1 Å². The Morgan fingerprint density at radius 3 is 1.79 bits per heavy atom. The third kappa shape index (κ3) is 37.3. The summed E-state index contributed by atoms with van der Waals surface area (Å²) in [6.45, 7) is 10.9. The smallest absolute Gasteiger partial charge is 0.0704 e. The molecule has 0 heterocycles. The molecule has 2 unspecified atom stereocenters. The summed E-state index contributed by atoms with van der Waals surface area (Å²) in [5.41, 5.74) is 0. The zero-order valence-electron chi connectivity index (χ0n) is 30.9. The topological polar surface area (TPSA) is 77.4 Å². The lowest BCUT2D eigenvalue weighted by Crippen LogP contribution is -2.17. The van der Waals surface area contributed by atoms with E-state index < -0.39 is 0 Å². The van der Waals surface area contributed by atoms with Gasteiger partial charge in [0.2, 0.25) is 0 Å². The van der Waals surface area contributed by atoms with Crippen molar-refractivity contribution in [3.05, 3.63) is 61.8 Å². The van der Waals surface area contributed by atoms with Crippen molar-refractivity contribution >= 4 is 0 Å². The van der Waals surface area contributed by atoms with Gasteiger partial charge < -0.3 is 29.2 Å². The SMILES string of the molecule is C1=CCCCCCC1.C=CCCCCCC/C=C/CCCC(CCC=C)OCCOCCO.OCCOCCOC1CC/C=C\CCC1. The molecule has 0 spiro atoms. The second-order valence-corrected chi connectivity index (χ2v) is 12.6. The summed E-state index contributed by atoms with van der Waals surface area (Å²) in [5, 5.41) is 17.2. The molecule has 0 aromatic carbocycles. The fourth-order valence-electron chi connectivity index (χ4n) is 5.50. The molecule has 2 N–H and O–H groups in total. The maximum Gasteiger partial charge on any atom is 0.0704 e. The lowest BCUT2D eigenvalue weighted by Gasteiger charge is -2.18. The number of hydrogen-bond acceptors (Lipinski definition) is 6. The third-order valence-corrected chi connectivity index (χ3v) is 8.30. The quantitative estimate of drug-likeness (QED) is 0.0701. The molecule has 0 aliphatic heterocycles. The molecular weight excluding hydrogens is 600 g/mol. The van der Waals surface area contributed by atoms with Crippen LogP contribution < -0.4 is 0 Å². The third-order valence-electron chi connectivity index (χ3n) is 8.30.